The van der Waals surface area contributed by atoms with Gasteiger partial charge in [0.25, 0.3) is 0 Å². The predicted molar refractivity (Wildman–Crippen MR) is 80.7 cm³/mol. The van der Waals surface area contributed by atoms with Gasteiger partial charge in [-0.3, -0.25) is 4.79 Å². The summed E-state index contributed by atoms with van der Waals surface area (Å²) in [5.41, 5.74) is 7.81. The van der Waals surface area contributed by atoms with Crippen LogP contribution >= 0.6 is 0 Å². The minimum atomic E-state index is -1.04. The Morgan fingerprint density at radius 1 is 1.33 bits per heavy atom. The fraction of sp³-hybridized carbons (Fsp3) is 0.375. The second kappa shape index (κ2) is 6.10. The van der Waals surface area contributed by atoms with Gasteiger partial charge in [0.2, 0.25) is 5.91 Å². The Morgan fingerprint density at radius 3 is 2.57 bits per heavy atom. The minimum absolute atomic E-state index is 0.194. The lowest BCUT2D eigenvalue weighted by atomic mass is 9.92. The molecule has 5 nitrogen and oxygen atoms in total. The van der Waals surface area contributed by atoms with Gasteiger partial charge in [-0.25, -0.2) is 0 Å². The summed E-state index contributed by atoms with van der Waals surface area (Å²) >= 11 is 0. The van der Waals surface area contributed by atoms with Crippen molar-refractivity contribution in [1.82, 2.24) is 10.5 Å². The molecule has 0 bridgehead atoms. The molecule has 0 saturated heterocycles. The van der Waals surface area contributed by atoms with E-state index in [9.17, 15) is 4.79 Å². The van der Waals surface area contributed by atoms with Gasteiger partial charge in [0.1, 0.15) is 11.3 Å². The molecule has 1 atom stereocenters. The topological polar surface area (TPSA) is 81.2 Å². The van der Waals surface area contributed by atoms with Crippen molar-refractivity contribution in [3.8, 4) is 0 Å². The number of hydrogen-bond acceptors (Lipinski definition) is 4. The standard InChI is InChI=1S/C16H21N3O2/c1-11-14(12(2)21-19-11)9-10-18-15(20)16(3,17)13-7-5-4-6-8-13/h4-8H,9-10,17H2,1-3H3,(H,18,20). The number of hydrogen-bond donors (Lipinski definition) is 2. The summed E-state index contributed by atoms with van der Waals surface area (Å²) in [4.78, 5) is 12.3. The van der Waals surface area contributed by atoms with E-state index in [-0.39, 0.29) is 5.91 Å². The number of amides is 1. The Hall–Kier alpha value is -2.14. The average molecular weight is 287 g/mol. The number of nitrogens with one attached hydrogen (secondary N) is 1. The highest BCUT2D eigenvalue weighted by Gasteiger charge is 2.29. The second-order valence-corrected chi connectivity index (χ2v) is 5.38. The molecule has 0 aliphatic heterocycles. The SMILES string of the molecule is Cc1noc(C)c1CCNC(=O)C(C)(N)c1ccccc1. The zero-order chi connectivity index (χ0) is 15.5. The van der Waals surface area contributed by atoms with E-state index >= 15 is 0 Å². The van der Waals surface area contributed by atoms with Gasteiger partial charge in [0, 0.05) is 12.1 Å². The predicted octanol–water partition coefficient (Wildman–Crippen LogP) is 1.82. The first-order valence-electron chi connectivity index (χ1n) is 6.97. The molecule has 112 valence electrons. The fourth-order valence-electron chi connectivity index (χ4n) is 2.26. The quantitative estimate of drug-likeness (QED) is 0.879. The van der Waals surface area contributed by atoms with E-state index in [0.717, 1.165) is 22.6 Å². The van der Waals surface area contributed by atoms with Crippen molar-refractivity contribution in [1.29, 1.82) is 0 Å². The van der Waals surface area contributed by atoms with Crippen molar-refractivity contribution < 1.29 is 9.32 Å². The maximum Gasteiger partial charge on any atom is 0.244 e. The molecule has 21 heavy (non-hydrogen) atoms. The highest BCUT2D eigenvalue weighted by Crippen LogP contribution is 2.17. The summed E-state index contributed by atoms with van der Waals surface area (Å²) in [6.07, 6.45) is 0.678. The summed E-state index contributed by atoms with van der Waals surface area (Å²) in [6.45, 7) is 5.98. The van der Waals surface area contributed by atoms with E-state index in [1.807, 2.05) is 44.2 Å². The molecule has 0 aliphatic rings. The Morgan fingerprint density at radius 2 is 2.00 bits per heavy atom. The Bertz CT molecular complexity index is 598. The van der Waals surface area contributed by atoms with Gasteiger partial charge < -0.3 is 15.6 Å². The van der Waals surface area contributed by atoms with Crippen LogP contribution in [-0.2, 0) is 16.8 Å². The molecule has 3 N–H and O–H groups in total. The molecule has 0 saturated carbocycles. The Labute approximate surface area is 124 Å². The molecule has 0 fully saturated rings. The zero-order valence-corrected chi connectivity index (χ0v) is 12.6. The molecular formula is C16H21N3O2. The lowest BCUT2D eigenvalue weighted by Crippen LogP contribution is -2.49. The van der Waals surface area contributed by atoms with E-state index in [1.54, 1.807) is 6.92 Å². The number of benzene rings is 1. The first kappa shape index (κ1) is 15.3. The van der Waals surface area contributed by atoms with Crippen LogP contribution in [-0.4, -0.2) is 17.6 Å². The van der Waals surface area contributed by atoms with Gasteiger partial charge in [-0.15, -0.1) is 0 Å². The number of nitrogens with zero attached hydrogens (tertiary/aromatic N) is 1. The summed E-state index contributed by atoms with van der Waals surface area (Å²) in [7, 11) is 0. The number of carbonyl (C=O) groups is 1. The normalized spacial score (nSPS) is 13.7. The molecule has 0 spiro atoms. The number of nitrogens with two attached hydrogens (primary N) is 1. The van der Waals surface area contributed by atoms with Crippen molar-refractivity contribution >= 4 is 5.91 Å². The van der Waals surface area contributed by atoms with Crippen LogP contribution < -0.4 is 11.1 Å². The third-order valence-electron chi connectivity index (χ3n) is 3.69. The number of aryl methyl sites for hydroxylation is 2. The smallest absolute Gasteiger partial charge is 0.244 e. The van der Waals surface area contributed by atoms with Crippen molar-refractivity contribution in [3.05, 3.63) is 52.9 Å². The molecule has 0 radical (unpaired) electrons. The van der Waals surface area contributed by atoms with Gasteiger partial charge >= 0.3 is 0 Å². The minimum Gasteiger partial charge on any atom is -0.361 e. The summed E-state index contributed by atoms with van der Waals surface area (Å²) in [5, 5.41) is 6.78. The summed E-state index contributed by atoms with van der Waals surface area (Å²) < 4.78 is 5.10. The second-order valence-electron chi connectivity index (χ2n) is 5.38. The number of aromatic nitrogens is 1. The summed E-state index contributed by atoms with van der Waals surface area (Å²) in [5.74, 6) is 0.598. The zero-order valence-electron chi connectivity index (χ0n) is 12.6. The van der Waals surface area contributed by atoms with Crippen LogP contribution in [0.4, 0.5) is 0 Å². The van der Waals surface area contributed by atoms with Crippen LogP contribution in [0.15, 0.2) is 34.9 Å². The highest BCUT2D eigenvalue weighted by molar-refractivity contribution is 5.86. The molecule has 2 aromatic rings. The van der Waals surface area contributed by atoms with E-state index in [0.29, 0.717) is 13.0 Å². The van der Waals surface area contributed by atoms with E-state index in [1.165, 1.54) is 0 Å². The van der Waals surface area contributed by atoms with Crippen LogP contribution in [0.2, 0.25) is 0 Å². The molecule has 1 amide bonds. The van der Waals surface area contributed by atoms with Gasteiger partial charge in [-0.2, -0.15) is 0 Å². The first-order chi connectivity index (χ1) is 9.93. The maximum atomic E-state index is 12.3. The van der Waals surface area contributed by atoms with Crippen LogP contribution in [0.25, 0.3) is 0 Å². The van der Waals surface area contributed by atoms with Gasteiger partial charge in [-0.1, -0.05) is 35.5 Å². The monoisotopic (exact) mass is 287 g/mol. The van der Waals surface area contributed by atoms with Crippen molar-refractivity contribution in [2.75, 3.05) is 6.54 Å². The van der Waals surface area contributed by atoms with Crippen LogP contribution in [0.3, 0.4) is 0 Å². The molecule has 1 unspecified atom stereocenters. The summed E-state index contributed by atoms with van der Waals surface area (Å²) in [6, 6.07) is 9.35. The van der Waals surface area contributed by atoms with E-state index in [2.05, 4.69) is 10.5 Å². The fourth-order valence-corrected chi connectivity index (χ4v) is 2.26. The molecule has 1 aromatic heterocycles. The first-order valence-corrected chi connectivity index (χ1v) is 6.97. The van der Waals surface area contributed by atoms with Gasteiger partial charge in [0.15, 0.2) is 0 Å². The average Bonchev–Trinajstić information content (AvgIpc) is 2.79. The molecule has 0 aliphatic carbocycles. The lowest BCUT2D eigenvalue weighted by Gasteiger charge is -2.24. The maximum absolute atomic E-state index is 12.3. The Balaban J connectivity index is 1.96. The molecule has 1 heterocycles. The van der Waals surface area contributed by atoms with Gasteiger partial charge in [0.05, 0.1) is 5.69 Å². The lowest BCUT2D eigenvalue weighted by molar-refractivity contribution is -0.126. The third-order valence-corrected chi connectivity index (χ3v) is 3.69. The van der Waals surface area contributed by atoms with Crippen molar-refractivity contribution in [2.24, 2.45) is 5.73 Å². The molecular weight excluding hydrogens is 266 g/mol. The number of rotatable bonds is 5. The highest BCUT2D eigenvalue weighted by atomic mass is 16.5. The molecule has 5 heteroatoms. The largest absolute Gasteiger partial charge is 0.361 e. The third kappa shape index (κ3) is 3.31. The van der Waals surface area contributed by atoms with Crippen LogP contribution in [0.5, 0.6) is 0 Å². The van der Waals surface area contributed by atoms with Crippen LogP contribution in [0.1, 0.15) is 29.5 Å². The van der Waals surface area contributed by atoms with Crippen LogP contribution in [0, 0.1) is 13.8 Å². The van der Waals surface area contributed by atoms with E-state index in [4.69, 9.17) is 10.3 Å². The van der Waals surface area contributed by atoms with Gasteiger partial charge in [-0.05, 0) is 32.8 Å². The molecule has 2 rings (SSSR count). The van der Waals surface area contributed by atoms with Crippen molar-refractivity contribution in [2.45, 2.75) is 32.7 Å². The Kier molecular flexibility index (Phi) is 4.43. The molecule has 1 aromatic carbocycles. The number of carbonyl (C=O) groups excluding carboxylic acids is 1. The van der Waals surface area contributed by atoms with Crippen molar-refractivity contribution in [3.63, 3.8) is 0 Å². The van der Waals surface area contributed by atoms with E-state index < -0.39 is 5.54 Å².